The van der Waals surface area contributed by atoms with Gasteiger partial charge in [-0.1, -0.05) is 0 Å². The van der Waals surface area contributed by atoms with Gasteiger partial charge in [0.15, 0.2) is 0 Å². The summed E-state index contributed by atoms with van der Waals surface area (Å²) in [7, 11) is 1.59. The first kappa shape index (κ1) is 14.9. The van der Waals surface area contributed by atoms with Gasteiger partial charge in [0.2, 0.25) is 5.88 Å². The molecule has 1 N–H and O–H groups in total. The van der Waals surface area contributed by atoms with E-state index in [9.17, 15) is 9.90 Å². The molecule has 3 aliphatic rings. The fraction of sp³-hybridized carbons (Fsp3) is 0.667. The molecule has 5 heteroatoms. The third-order valence-electron chi connectivity index (χ3n) is 5.76. The number of piperidine rings is 1. The summed E-state index contributed by atoms with van der Waals surface area (Å²) in [4.78, 5) is 19.8. The molecule has 124 valence electrons. The second-order valence-electron chi connectivity index (χ2n) is 7.12. The van der Waals surface area contributed by atoms with Gasteiger partial charge in [-0.2, -0.15) is 0 Å². The Morgan fingerprint density at radius 1 is 1.35 bits per heavy atom. The highest BCUT2D eigenvalue weighted by molar-refractivity contribution is 5.97. The van der Waals surface area contributed by atoms with Crippen molar-refractivity contribution in [3.63, 3.8) is 0 Å². The summed E-state index contributed by atoms with van der Waals surface area (Å²) < 4.78 is 5.42. The predicted octanol–water partition coefficient (Wildman–Crippen LogP) is 1.95. The first-order valence-electron chi connectivity index (χ1n) is 8.71. The van der Waals surface area contributed by atoms with Gasteiger partial charge in [-0.05, 0) is 62.5 Å². The van der Waals surface area contributed by atoms with Gasteiger partial charge in [-0.25, -0.2) is 4.98 Å². The molecule has 1 aliphatic carbocycles. The molecular formula is C18H24N2O3. The molecule has 2 aliphatic heterocycles. The van der Waals surface area contributed by atoms with Gasteiger partial charge in [0.25, 0.3) is 5.91 Å². The number of aromatic nitrogens is 1. The van der Waals surface area contributed by atoms with Crippen molar-refractivity contribution >= 4 is 5.91 Å². The zero-order valence-corrected chi connectivity index (χ0v) is 13.6. The summed E-state index contributed by atoms with van der Waals surface area (Å²) >= 11 is 0. The summed E-state index contributed by atoms with van der Waals surface area (Å²) in [6.07, 6.45) is 7.02. The van der Waals surface area contributed by atoms with Crippen LogP contribution in [0.25, 0.3) is 0 Å². The van der Waals surface area contributed by atoms with Crippen LogP contribution in [0.3, 0.4) is 0 Å². The molecule has 1 aromatic heterocycles. The maximum absolute atomic E-state index is 13.2. The maximum Gasteiger partial charge on any atom is 0.259 e. The molecule has 1 aromatic rings. The second kappa shape index (κ2) is 5.78. The van der Waals surface area contributed by atoms with Gasteiger partial charge in [0.1, 0.15) is 5.56 Å². The molecule has 0 saturated carbocycles. The smallest absolute Gasteiger partial charge is 0.259 e. The summed E-state index contributed by atoms with van der Waals surface area (Å²) in [6, 6.07) is 2.53. The Bertz CT molecular complexity index is 617. The Hall–Kier alpha value is -1.62. The number of pyridine rings is 1. The third-order valence-corrected chi connectivity index (χ3v) is 5.76. The van der Waals surface area contributed by atoms with Crippen LogP contribution in [-0.4, -0.2) is 46.7 Å². The van der Waals surface area contributed by atoms with Crippen LogP contribution >= 0.6 is 0 Å². The van der Waals surface area contributed by atoms with Gasteiger partial charge < -0.3 is 14.7 Å². The number of amides is 1. The quantitative estimate of drug-likeness (QED) is 0.926. The van der Waals surface area contributed by atoms with E-state index in [-0.39, 0.29) is 24.6 Å². The minimum Gasteiger partial charge on any atom is -0.480 e. The van der Waals surface area contributed by atoms with E-state index in [1.807, 2.05) is 11.0 Å². The second-order valence-corrected chi connectivity index (χ2v) is 7.12. The van der Waals surface area contributed by atoms with E-state index < -0.39 is 0 Å². The number of carbonyl (C=O) groups excluding carboxylic acids is 1. The summed E-state index contributed by atoms with van der Waals surface area (Å²) in [5, 5.41) is 9.45. The minimum absolute atomic E-state index is 0.0629. The van der Waals surface area contributed by atoms with Crippen LogP contribution in [0.5, 0.6) is 5.88 Å². The van der Waals surface area contributed by atoms with Crippen molar-refractivity contribution in [2.75, 3.05) is 13.7 Å². The van der Waals surface area contributed by atoms with E-state index in [4.69, 9.17) is 4.74 Å². The zero-order chi connectivity index (χ0) is 16.0. The molecule has 0 spiro atoms. The van der Waals surface area contributed by atoms with E-state index in [0.717, 1.165) is 50.6 Å². The number of carbonyl (C=O) groups is 1. The lowest BCUT2D eigenvalue weighted by Crippen LogP contribution is -2.47. The SMILES string of the molecule is COc1nc2c(cc1C(=O)N1[C@@H]3CC[C@H]1CC(CO)C3)CCC2. The molecule has 3 heterocycles. The Labute approximate surface area is 136 Å². The molecule has 2 bridgehead atoms. The monoisotopic (exact) mass is 316 g/mol. The van der Waals surface area contributed by atoms with Gasteiger partial charge >= 0.3 is 0 Å². The van der Waals surface area contributed by atoms with Crippen molar-refractivity contribution < 1.29 is 14.6 Å². The van der Waals surface area contributed by atoms with E-state index in [2.05, 4.69) is 4.98 Å². The van der Waals surface area contributed by atoms with Crippen molar-refractivity contribution in [3.05, 3.63) is 22.9 Å². The van der Waals surface area contributed by atoms with Crippen molar-refractivity contribution in [2.45, 2.75) is 57.0 Å². The van der Waals surface area contributed by atoms with E-state index in [1.165, 1.54) is 5.56 Å². The molecule has 1 amide bonds. The van der Waals surface area contributed by atoms with Gasteiger partial charge in [0.05, 0.1) is 7.11 Å². The molecule has 2 fully saturated rings. The summed E-state index contributed by atoms with van der Waals surface area (Å²) in [5.41, 5.74) is 2.90. The van der Waals surface area contributed by atoms with Gasteiger partial charge in [-0.3, -0.25) is 4.79 Å². The first-order valence-corrected chi connectivity index (χ1v) is 8.71. The van der Waals surface area contributed by atoms with Crippen LogP contribution in [0.15, 0.2) is 6.07 Å². The Balaban J connectivity index is 1.65. The first-order chi connectivity index (χ1) is 11.2. The van der Waals surface area contributed by atoms with E-state index >= 15 is 0 Å². The van der Waals surface area contributed by atoms with Crippen molar-refractivity contribution in [2.24, 2.45) is 5.92 Å². The number of aliphatic hydroxyl groups excluding tert-OH is 1. The van der Waals surface area contributed by atoms with E-state index in [1.54, 1.807) is 7.11 Å². The highest BCUT2D eigenvalue weighted by Gasteiger charge is 2.44. The third kappa shape index (κ3) is 2.42. The minimum atomic E-state index is 0.0629. The van der Waals surface area contributed by atoms with E-state index in [0.29, 0.717) is 17.4 Å². The van der Waals surface area contributed by atoms with Crippen molar-refractivity contribution in [1.29, 1.82) is 0 Å². The normalized spacial score (nSPS) is 28.8. The molecule has 0 aromatic carbocycles. The zero-order valence-electron chi connectivity index (χ0n) is 13.6. The maximum atomic E-state index is 13.2. The molecule has 3 atom stereocenters. The number of aryl methyl sites for hydroxylation is 2. The molecule has 2 saturated heterocycles. The summed E-state index contributed by atoms with van der Waals surface area (Å²) in [5.74, 6) is 0.879. The Morgan fingerprint density at radius 3 is 2.74 bits per heavy atom. The van der Waals surface area contributed by atoms with Crippen LogP contribution in [0.1, 0.15) is 53.7 Å². The summed E-state index contributed by atoms with van der Waals surface area (Å²) in [6.45, 7) is 0.235. The van der Waals surface area contributed by atoms with Gasteiger partial charge in [0, 0.05) is 24.4 Å². The molecule has 4 rings (SSSR count). The lowest BCUT2D eigenvalue weighted by atomic mass is 9.91. The van der Waals surface area contributed by atoms with Crippen LogP contribution in [0, 0.1) is 5.92 Å². The fourth-order valence-electron chi connectivity index (χ4n) is 4.67. The molecule has 1 unspecified atom stereocenters. The van der Waals surface area contributed by atoms with Crippen molar-refractivity contribution in [1.82, 2.24) is 9.88 Å². The topological polar surface area (TPSA) is 62.7 Å². The van der Waals surface area contributed by atoms with Crippen LogP contribution < -0.4 is 4.74 Å². The number of hydrogen-bond donors (Lipinski definition) is 1. The lowest BCUT2D eigenvalue weighted by molar-refractivity contribution is 0.0449. The van der Waals surface area contributed by atoms with Gasteiger partial charge in [-0.15, -0.1) is 0 Å². The number of ether oxygens (including phenoxy) is 1. The van der Waals surface area contributed by atoms with Crippen LogP contribution in [0.2, 0.25) is 0 Å². The number of aliphatic hydroxyl groups is 1. The Kier molecular flexibility index (Phi) is 3.76. The lowest BCUT2D eigenvalue weighted by Gasteiger charge is -2.38. The predicted molar refractivity (Wildman–Crippen MR) is 85.6 cm³/mol. The highest BCUT2D eigenvalue weighted by Crippen LogP contribution is 2.40. The van der Waals surface area contributed by atoms with Crippen LogP contribution in [0.4, 0.5) is 0 Å². The standard InChI is InChI=1S/C18H24N2O3/c1-23-17-15(9-12-3-2-4-16(12)19-17)18(22)20-13-5-6-14(20)8-11(7-13)10-21/h9,11,13-14,21H,2-8,10H2,1H3/t11?,13-,14+. The largest absolute Gasteiger partial charge is 0.480 e. The Morgan fingerprint density at radius 2 is 2.09 bits per heavy atom. The molecular weight excluding hydrogens is 292 g/mol. The fourth-order valence-corrected chi connectivity index (χ4v) is 4.67. The molecule has 5 nitrogen and oxygen atoms in total. The number of hydrogen-bond acceptors (Lipinski definition) is 4. The number of nitrogens with zero attached hydrogens (tertiary/aromatic N) is 2. The highest BCUT2D eigenvalue weighted by atomic mass is 16.5. The number of methoxy groups -OCH3 is 1. The molecule has 0 radical (unpaired) electrons. The van der Waals surface area contributed by atoms with Crippen LogP contribution in [-0.2, 0) is 12.8 Å². The number of fused-ring (bicyclic) bond motifs is 3. The molecule has 23 heavy (non-hydrogen) atoms. The average molecular weight is 316 g/mol. The van der Waals surface area contributed by atoms with Crippen molar-refractivity contribution in [3.8, 4) is 5.88 Å². The number of rotatable bonds is 3. The average Bonchev–Trinajstić information content (AvgIpc) is 3.14.